The van der Waals surface area contributed by atoms with Gasteiger partial charge in [0.2, 0.25) is 5.91 Å². The van der Waals surface area contributed by atoms with Crippen LogP contribution in [0.2, 0.25) is 0 Å². The summed E-state index contributed by atoms with van der Waals surface area (Å²) in [7, 11) is 0. The Balaban J connectivity index is 2.90. The molecule has 0 bridgehead atoms. The Labute approximate surface area is 91.2 Å². The molecule has 2 nitrogen and oxygen atoms in total. The summed E-state index contributed by atoms with van der Waals surface area (Å²) in [6.07, 6.45) is 0. The summed E-state index contributed by atoms with van der Waals surface area (Å²) >= 11 is 5.26. The molecular weight excluding hydrogens is 224 g/mol. The van der Waals surface area contributed by atoms with Gasteiger partial charge in [-0.3, -0.25) is 4.79 Å². The van der Waals surface area contributed by atoms with Gasteiger partial charge >= 0.3 is 0 Å². The molecule has 0 spiro atoms. The van der Waals surface area contributed by atoms with Crippen molar-refractivity contribution in [3.8, 4) is 0 Å². The van der Waals surface area contributed by atoms with E-state index < -0.39 is 23.6 Å². The van der Waals surface area contributed by atoms with Crippen LogP contribution in [-0.2, 0) is 4.79 Å². The van der Waals surface area contributed by atoms with Crippen LogP contribution in [0.5, 0.6) is 0 Å². The third-order valence-electron chi connectivity index (χ3n) is 1.93. The maximum atomic E-state index is 13.2. The van der Waals surface area contributed by atoms with Crippen molar-refractivity contribution in [1.29, 1.82) is 0 Å². The van der Waals surface area contributed by atoms with Gasteiger partial charge in [-0.1, -0.05) is 6.07 Å². The first kappa shape index (κ1) is 11.9. The van der Waals surface area contributed by atoms with Crippen LogP contribution in [0.15, 0.2) is 18.2 Å². The fourth-order valence-electron chi connectivity index (χ4n) is 1.28. The van der Waals surface area contributed by atoms with E-state index in [0.717, 1.165) is 12.1 Å². The summed E-state index contributed by atoms with van der Waals surface area (Å²) < 4.78 is 26.5. The number of amides is 1. The highest BCUT2D eigenvalue weighted by atomic mass is 35.5. The highest BCUT2D eigenvalue weighted by molar-refractivity contribution is 6.27. The smallest absolute Gasteiger partial charge is 0.235 e. The molecule has 0 saturated carbocycles. The van der Waals surface area contributed by atoms with E-state index in [0.29, 0.717) is 0 Å². The van der Waals surface area contributed by atoms with E-state index >= 15 is 0 Å². The molecule has 15 heavy (non-hydrogen) atoms. The van der Waals surface area contributed by atoms with Gasteiger partial charge < -0.3 is 5.32 Å². The van der Waals surface area contributed by atoms with Crippen LogP contribution < -0.4 is 5.32 Å². The Hall–Kier alpha value is -1.16. The van der Waals surface area contributed by atoms with Gasteiger partial charge in [0.05, 0.1) is 6.04 Å². The second-order valence-electron chi connectivity index (χ2n) is 3.06. The number of alkyl halides is 1. The number of halogens is 3. The van der Waals surface area contributed by atoms with Crippen molar-refractivity contribution in [1.82, 2.24) is 5.32 Å². The Bertz CT molecular complexity index is 350. The molecule has 1 N–H and O–H groups in total. The van der Waals surface area contributed by atoms with E-state index in [1.54, 1.807) is 0 Å². The number of carbonyl (C=O) groups is 1. The second-order valence-corrected chi connectivity index (χ2v) is 3.33. The lowest BCUT2D eigenvalue weighted by Gasteiger charge is -2.14. The topological polar surface area (TPSA) is 29.1 Å². The lowest BCUT2D eigenvalue weighted by atomic mass is 10.1. The predicted molar refractivity (Wildman–Crippen MR) is 53.6 cm³/mol. The van der Waals surface area contributed by atoms with Gasteiger partial charge in [0.15, 0.2) is 0 Å². The van der Waals surface area contributed by atoms with Crippen LogP contribution in [0.25, 0.3) is 0 Å². The van der Waals surface area contributed by atoms with Crippen molar-refractivity contribution in [2.75, 3.05) is 5.88 Å². The van der Waals surface area contributed by atoms with Gasteiger partial charge in [-0.15, -0.1) is 11.6 Å². The normalized spacial score (nSPS) is 12.3. The molecule has 0 aromatic heterocycles. The van der Waals surface area contributed by atoms with Crippen LogP contribution in [0.3, 0.4) is 0 Å². The number of nitrogens with one attached hydrogen (secondary N) is 1. The molecule has 0 radical (unpaired) electrons. The fourth-order valence-corrected chi connectivity index (χ4v) is 1.35. The molecule has 1 aromatic carbocycles. The van der Waals surface area contributed by atoms with Crippen molar-refractivity contribution >= 4 is 17.5 Å². The minimum Gasteiger partial charge on any atom is -0.348 e. The van der Waals surface area contributed by atoms with Crippen LogP contribution in [0, 0.1) is 11.6 Å². The van der Waals surface area contributed by atoms with Crippen LogP contribution in [0.1, 0.15) is 18.5 Å². The van der Waals surface area contributed by atoms with Crippen LogP contribution in [-0.4, -0.2) is 11.8 Å². The summed E-state index contributed by atoms with van der Waals surface area (Å²) in [6, 6.07) is 2.81. The van der Waals surface area contributed by atoms with Crippen molar-refractivity contribution in [3.05, 3.63) is 35.4 Å². The first-order valence-electron chi connectivity index (χ1n) is 4.35. The second kappa shape index (κ2) is 5.07. The predicted octanol–water partition coefficient (Wildman–Crippen LogP) is 2.38. The highest BCUT2D eigenvalue weighted by Gasteiger charge is 2.17. The van der Waals surface area contributed by atoms with Gasteiger partial charge in [0, 0.05) is 5.56 Å². The van der Waals surface area contributed by atoms with E-state index in [2.05, 4.69) is 5.32 Å². The molecular formula is C10H10ClF2NO. The molecule has 0 saturated heterocycles. The molecule has 0 aliphatic rings. The van der Waals surface area contributed by atoms with Gasteiger partial charge in [-0.2, -0.15) is 0 Å². The molecule has 0 aliphatic heterocycles. The third kappa shape index (κ3) is 2.89. The number of carbonyl (C=O) groups excluding carboxylic acids is 1. The number of hydrogen-bond donors (Lipinski definition) is 1. The molecule has 0 fully saturated rings. The zero-order valence-electron chi connectivity index (χ0n) is 8.06. The minimum absolute atomic E-state index is 0.157. The van der Waals surface area contributed by atoms with Crippen molar-refractivity contribution in [3.63, 3.8) is 0 Å². The highest BCUT2D eigenvalue weighted by Crippen LogP contribution is 2.19. The summed E-state index contributed by atoms with van der Waals surface area (Å²) in [5.74, 6) is -2.07. The first-order valence-corrected chi connectivity index (χ1v) is 4.89. The van der Waals surface area contributed by atoms with E-state index in [4.69, 9.17) is 11.6 Å². The van der Waals surface area contributed by atoms with Crippen molar-refractivity contribution in [2.24, 2.45) is 0 Å². The quantitative estimate of drug-likeness (QED) is 0.798. The maximum Gasteiger partial charge on any atom is 0.235 e. The molecule has 5 heteroatoms. The third-order valence-corrected chi connectivity index (χ3v) is 2.17. The molecule has 1 rings (SSSR count). The van der Waals surface area contributed by atoms with Crippen LogP contribution >= 0.6 is 11.6 Å². The van der Waals surface area contributed by atoms with Gasteiger partial charge in [0.25, 0.3) is 0 Å². The SMILES string of the molecule is C[C@H](NC(=O)CCl)c1c(F)cccc1F. The molecule has 1 atom stereocenters. The lowest BCUT2D eigenvalue weighted by molar-refractivity contribution is -0.119. The Morgan fingerprint density at radius 2 is 2.00 bits per heavy atom. The largest absolute Gasteiger partial charge is 0.348 e. The standard InChI is InChI=1S/C10H10ClF2NO/c1-6(14-9(15)5-11)10-7(12)3-2-4-8(10)13/h2-4,6H,5H2,1H3,(H,14,15)/t6-/m0/s1. The van der Waals surface area contributed by atoms with E-state index in [-0.39, 0.29) is 11.4 Å². The molecule has 0 aliphatic carbocycles. The van der Waals surface area contributed by atoms with Crippen molar-refractivity contribution in [2.45, 2.75) is 13.0 Å². The Kier molecular flexibility index (Phi) is 4.03. The Morgan fingerprint density at radius 3 is 2.47 bits per heavy atom. The number of benzene rings is 1. The fraction of sp³-hybridized carbons (Fsp3) is 0.300. The average Bonchev–Trinajstić information content (AvgIpc) is 2.17. The molecule has 1 amide bonds. The summed E-state index contributed by atoms with van der Waals surface area (Å²) in [4.78, 5) is 10.9. The van der Waals surface area contributed by atoms with Gasteiger partial charge in [-0.25, -0.2) is 8.78 Å². The maximum absolute atomic E-state index is 13.2. The number of rotatable bonds is 3. The summed E-state index contributed by atoms with van der Waals surface area (Å²) in [5, 5.41) is 2.38. The van der Waals surface area contributed by atoms with Crippen molar-refractivity contribution < 1.29 is 13.6 Å². The Morgan fingerprint density at radius 1 is 1.47 bits per heavy atom. The molecule has 82 valence electrons. The monoisotopic (exact) mass is 233 g/mol. The zero-order valence-corrected chi connectivity index (χ0v) is 8.81. The minimum atomic E-state index is -0.738. The van der Waals surface area contributed by atoms with E-state index in [1.165, 1.54) is 13.0 Å². The van der Waals surface area contributed by atoms with E-state index in [1.807, 2.05) is 0 Å². The summed E-state index contributed by atoms with van der Waals surface area (Å²) in [6.45, 7) is 1.49. The van der Waals surface area contributed by atoms with Crippen LogP contribution in [0.4, 0.5) is 8.78 Å². The molecule has 0 heterocycles. The molecule has 1 aromatic rings. The van der Waals surface area contributed by atoms with E-state index in [9.17, 15) is 13.6 Å². The van der Waals surface area contributed by atoms with Gasteiger partial charge in [-0.05, 0) is 19.1 Å². The zero-order chi connectivity index (χ0) is 11.4. The number of hydrogen-bond acceptors (Lipinski definition) is 1. The lowest BCUT2D eigenvalue weighted by Crippen LogP contribution is -2.28. The average molecular weight is 234 g/mol. The first-order chi connectivity index (χ1) is 7.06. The van der Waals surface area contributed by atoms with Gasteiger partial charge in [0.1, 0.15) is 17.5 Å². The summed E-state index contributed by atoms with van der Waals surface area (Å²) in [5.41, 5.74) is -0.157. The molecule has 0 unspecified atom stereocenters.